The van der Waals surface area contributed by atoms with Crippen molar-refractivity contribution in [1.82, 2.24) is 4.90 Å². The maximum absolute atomic E-state index is 5.80. The average molecular weight is 216 g/mol. The first-order valence-electron chi connectivity index (χ1n) is 5.67. The highest BCUT2D eigenvalue weighted by atomic mass is 32.2. The molecule has 0 saturated heterocycles. The predicted octanol–water partition coefficient (Wildman–Crippen LogP) is 1.80. The Morgan fingerprint density at radius 1 is 1.50 bits per heavy atom. The van der Waals surface area contributed by atoms with Crippen molar-refractivity contribution in [2.24, 2.45) is 11.7 Å². The van der Waals surface area contributed by atoms with E-state index in [1.54, 1.807) is 0 Å². The zero-order valence-electron chi connectivity index (χ0n) is 9.54. The molecule has 0 radical (unpaired) electrons. The van der Waals surface area contributed by atoms with E-state index in [-0.39, 0.29) is 0 Å². The van der Waals surface area contributed by atoms with Crippen molar-refractivity contribution in [3.8, 4) is 0 Å². The van der Waals surface area contributed by atoms with E-state index in [0.717, 1.165) is 12.5 Å². The Morgan fingerprint density at radius 3 is 2.71 bits per heavy atom. The van der Waals surface area contributed by atoms with Gasteiger partial charge < -0.3 is 10.6 Å². The molecule has 1 saturated carbocycles. The van der Waals surface area contributed by atoms with Crippen LogP contribution in [0.1, 0.15) is 25.7 Å². The lowest BCUT2D eigenvalue weighted by molar-refractivity contribution is 0.225. The van der Waals surface area contributed by atoms with Crippen LogP contribution in [0.15, 0.2) is 0 Å². The van der Waals surface area contributed by atoms with Gasteiger partial charge in [-0.15, -0.1) is 0 Å². The van der Waals surface area contributed by atoms with E-state index >= 15 is 0 Å². The van der Waals surface area contributed by atoms with Crippen LogP contribution in [-0.2, 0) is 0 Å². The second kappa shape index (κ2) is 6.70. The lowest BCUT2D eigenvalue weighted by atomic mass is 10.1. The van der Waals surface area contributed by atoms with Gasteiger partial charge in [-0.25, -0.2) is 0 Å². The molecule has 1 atom stereocenters. The van der Waals surface area contributed by atoms with Crippen LogP contribution in [0.4, 0.5) is 0 Å². The molecular formula is C11H24N2S. The van der Waals surface area contributed by atoms with Gasteiger partial charge in [-0.3, -0.25) is 0 Å². The predicted molar refractivity (Wildman–Crippen MR) is 65.8 cm³/mol. The summed E-state index contributed by atoms with van der Waals surface area (Å²) in [6, 6.07) is 0.614. The van der Waals surface area contributed by atoms with Crippen LogP contribution >= 0.6 is 11.8 Å². The van der Waals surface area contributed by atoms with Crippen molar-refractivity contribution in [1.29, 1.82) is 0 Å². The Labute approximate surface area is 92.6 Å². The molecule has 1 aliphatic rings. The largest absolute Gasteiger partial charge is 0.329 e. The summed E-state index contributed by atoms with van der Waals surface area (Å²) in [5.41, 5.74) is 5.80. The highest BCUT2D eigenvalue weighted by Crippen LogP contribution is 2.30. The van der Waals surface area contributed by atoms with Gasteiger partial charge in [0.05, 0.1) is 0 Å². The van der Waals surface area contributed by atoms with Gasteiger partial charge in [0.25, 0.3) is 0 Å². The van der Waals surface area contributed by atoms with Crippen LogP contribution in [0, 0.1) is 5.92 Å². The summed E-state index contributed by atoms with van der Waals surface area (Å²) >= 11 is 1.93. The maximum Gasteiger partial charge on any atom is 0.0215 e. The minimum Gasteiger partial charge on any atom is -0.329 e. The van der Waals surface area contributed by atoms with Crippen LogP contribution in [0.2, 0.25) is 0 Å². The van der Waals surface area contributed by atoms with E-state index in [2.05, 4.69) is 18.2 Å². The molecule has 2 N–H and O–H groups in total. The lowest BCUT2D eigenvalue weighted by Crippen LogP contribution is -2.39. The van der Waals surface area contributed by atoms with Gasteiger partial charge in [0, 0.05) is 19.1 Å². The van der Waals surface area contributed by atoms with E-state index < -0.39 is 0 Å². The highest BCUT2D eigenvalue weighted by molar-refractivity contribution is 7.98. The summed E-state index contributed by atoms with van der Waals surface area (Å²) in [4.78, 5) is 2.47. The van der Waals surface area contributed by atoms with Crippen LogP contribution in [0.3, 0.4) is 0 Å². The Hall–Kier alpha value is 0.270. The molecule has 14 heavy (non-hydrogen) atoms. The average Bonchev–Trinajstić information content (AvgIpc) is 2.96. The second-order valence-corrected chi connectivity index (χ2v) is 5.39. The van der Waals surface area contributed by atoms with Gasteiger partial charge in [0.15, 0.2) is 0 Å². The third kappa shape index (κ3) is 4.67. The quantitative estimate of drug-likeness (QED) is 0.627. The number of nitrogens with zero attached hydrogens (tertiary/aromatic N) is 1. The fourth-order valence-electron chi connectivity index (χ4n) is 1.84. The lowest BCUT2D eigenvalue weighted by Gasteiger charge is -2.26. The molecule has 84 valence electrons. The Balaban J connectivity index is 2.13. The molecule has 0 heterocycles. The van der Waals surface area contributed by atoms with E-state index in [1.165, 1.54) is 38.0 Å². The molecule has 0 aromatic rings. The Bertz CT molecular complexity index is 148. The number of rotatable bonds is 8. The summed E-state index contributed by atoms with van der Waals surface area (Å²) in [5.74, 6) is 2.25. The molecule has 0 amide bonds. The first kappa shape index (κ1) is 12.3. The van der Waals surface area contributed by atoms with Crippen molar-refractivity contribution in [3.05, 3.63) is 0 Å². The molecule has 1 rings (SSSR count). The van der Waals surface area contributed by atoms with E-state index in [1.807, 2.05) is 11.8 Å². The summed E-state index contributed by atoms with van der Waals surface area (Å²) < 4.78 is 0. The maximum atomic E-state index is 5.80. The highest BCUT2D eigenvalue weighted by Gasteiger charge is 2.25. The molecule has 0 spiro atoms. The Kier molecular flexibility index (Phi) is 5.90. The minimum atomic E-state index is 0.614. The first-order chi connectivity index (χ1) is 6.77. The second-order valence-electron chi connectivity index (χ2n) is 4.41. The van der Waals surface area contributed by atoms with Crippen molar-refractivity contribution >= 4 is 11.8 Å². The molecule has 0 aromatic carbocycles. The summed E-state index contributed by atoms with van der Waals surface area (Å²) in [7, 11) is 2.23. The van der Waals surface area contributed by atoms with Gasteiger partial charge in [-0.1, -0.05) is 0 Å². The van der Waals surface area contributed by atoms with Crippen molar-refractivity contribution in [2.45, 2.75) is 31.7 Å². The minimum absolute atomic E-state index is 0.614. The van der Waals surface area contributed by atoms with E-state index in [4.69, 9.17) is 5.73 Å². The van der Waals surface area contributed by atoms with Crippen molar-refractivity contribution in [2.75, 3.05) is 32.1 Å². The molecular weight excluding hydrogens is 192 g/mol. The summed E-state index contributed by atoms with van der Waals surface area (Å²) in [5, 5.41) is 0. The van der Waals surface area contributed by atoms with E-state index in [0.29, 0.717) is 6.04 Å². The number of nitrogens with two attached hydrogens (primary N) is 1. The number of hydrogen-bond donors (Lipinski definition) is 1. The van der Waals surface area contributed by atoms with Crippen LogP contribution < -0.4 is 5.73 Å². The van der Waals surface area contributed by atoms with Crippen LogP contribution in [0.5, 0.6) is 0 Å². The molecule has 2 nitrogen and oxygen atoms in total. The van der Waals surface area contributed by atoms with Crippen LogP contribution in [-0.4, -0.2) is 43.1 Å². The third-order valence-electron chi connectivity index (χ3n) is 3.02. The number of likely N-dealkylation sites (N-methyl/N-ethyl adjacent to an activating group) is 1. The zero-order chi connectivity index (χ0) is 10.4. The van der Waals surface area contributed by atoms with E-state index in [9.17, 15) is 0 Å². The summed E-state index contributed by atoms with van der Waals surface area (Å²) in [6.45, 7) is 2.08. The molecule has 0 aliphatic heterocycles. The third-order valence-corrected chi connectivity index (χ3v) is 3.72. The SMILES string of the molecule is CSCCCC(CN)N(C)CC1CC1. The van der Waals surface area contributed by atoms with Crippen molar-refractivity contribution < 1.29 is 0 Å². The molecule has 0 bridgehead atoms. The van der Waals surface area contributed by atoms with Gasteiger partial charge in [-0.05, 0) is 50.7 Å². The van der Waals surface area contributed by atoms with Gasteiger partial charge in [-0.2, -0.15) is 11.8 Å². The number of thioether (sulfide) groups is 1. The molecule has 0 aromatic heterocycles. The fraction of sp³-hybridized carbons (Fsp3) is 1.00. The topological polar surface area (TPSA) is 29.3 Å². The first-order valence-corrected chi connectivity index (χ1v) is 7.06. The van der Waals surface area contributed by atoms with Gasteiger partial charge in [0.1, 0.15) is 0 Å². The molecule has 1 unspecified atom stereocenters. The van der Waals surface area contributed by atoms with Crippen LogP contribution in [0.25, 0.3) is 0 Å². The molecule has 1 aliphatic carbocycles. The Morgan fingerprint density at radius 2 is 2.21 bits per heavy atom. The fourth-order valence-corrected chi connectivity index (χ4v) is 2.29. The van der Waals surface area contributed by atoms with Gasteiger partial charge in [0.2, 0.25) is 0 Å². The normalized spacial score (nSPS) is 18.9. The zero-order valence-corrected chi connectivity index (χ0v) is 10.4. The summed E-state index contributed by atoms with van der Waals surface area (Å²) in [6.07, 6.45) is 7.61. The molecule has 1 fully saturated rings. The van der Waals surface area contributed by atoms with Gasteiger partial charge >= 0.3 is 0 Å². The molecule has 3 heteroatoms. The van der Waals surface area contributed by atoms with Crippen molar-refractivity contribution in [3.63, 3.8) is 0 Å². The number of hydrogen-bond acceptors (Lipinski definition) is 3. The smallest absolute Gasteiger partial charge is 0.0215 e. The standard InChI is InChI=1S/C11H24N2S/c1-13(9-10-5-6-10)11(8-12)4-3-7-14-2/h10-11H,3-9,12H2,1-2H3. The monoisotopic (exact) mass is 216 g/mol.